The summed E-state index contributed by atoms with van der Waals surface area (Å²) in [7, 11) is 0. The Morgan fingerprint density at radius 1 is 1.05 bits per heavy atom. The number of hydrogen-bond acceptors (Lipinski definition) is 3. The van der Waals surface area contributed by atoms with Crippen molar-refractivity contribution >= 4 is 11.8 Å². The van der Waals surface area contributed by atoms with Crippen molar-refractivity contribution in [3.8, 4) is 0 Å². The summed E-state index contributed by atoms with van der Waals surface area (Å²) in [5, 5.41) is 3.47. The number of likely N-dealkylation sites (tertiary alicyclic amines) is 2. The number of carbonyl (C=O) groups is 2. The lowest BCUT2D eigenvalue weighted by Crippen LogP contribution is -2.48. The van der Waals surface area contributed by atoms with E-state index in [-0.39, 0.29) is 17.9 Å². The molecule has 0 spiro atoms. The molecule has 0 bridgehead atoms. The summed E-state index contributed by atoms with van der Waals surface area (Å²) in [5.41, 5.74) is 0. The summed E-state index contributed by atoms with van der Waals surface area (Å²) in [5.74, 6) is 1.84. The van der Waals surface area contributed by atoms with Crippen molar-refractivity contribution in [2.75, 3.05) is 32.7 Å². The van der Waals surface area contributed by atoms with Crippen LogP contribution in [-0.4, -0.2) is 60.4 Å². The summed E-state index contributed by atoms with van der Waals surface area (Å²) in [4.78, 5) is 29.0. The van der Waals surface area contributed by atoms with Crippen molar-refractivity contribution < 1.29 is 9.59 Å². The van der Waals surface area contributed by atoms with Crippen LogP contribution in [0.5, 0.6) is 0 Å². The summed E-state index contributed by atoms with van der Waals surface area (Å²) < 4.78 is 0. The van der Waals surface area contributed by atoms with Gasteiger partial charge in [-0.05, 0) is 57.0 Å². The molecule has 0 aliphatic carbocycles. The number of amides is 2. The number of rotatable bonds is 3. The maximum Gasteiger partial charge on any atom is 0.245 e. The average Bonchev–Trinajstić information content (AvgIpc) is 3.13. The Morgan fingerprint density at radius 3 is 2.36 bits per heavy atom. The predicted molar refractivity (Wildman–Crippen MR) is 85.3 cm³/mol. The fraction of sp³-hybridized carbons (Fsp3) is 0.882. The van der Waals surface area contributed by atoms with Gasteiger partial charge in [0.25, 0.3) is 0 Å². The summed E-state index contributed by atoms with van der Waals surface area (Å²) in [6, 6.07) is -0.185. The van der Waals surface area contributed by atoms with Crippen molar-refractivity contribution in [1.29, 1.82) is 0 Å². The van der Waals surface area contributed by atoms with E-state index in [4.69, 9.17) is 0 Å². The second-order valence-corrected chi connectivity index (χ2v) is 7.08. The molecular formula is C17H29N3O2. The standard InChI is InChI=1S/C17H29N3O2/c1-2-4-16(21)20-8-3-5-15(20)17(22)19-9-6-13-11-18-12-14(13)7-10-19/h13-15,18H,2-12H2,1H3/t13-,14+,15?. The van der Waals surface area contributed by atoms with Gasteiger partial charge in [0.2, 0.25) is 11.8 Å². The van der Waals surface area contributed by atoms with Crippen LogP contribution in [0, 0.1) is 11.8 Å². The first-order valence-corrected chi connectivity index (χ1v) is 8.99. The third-order valence-corrected chi connectivity index (χ3v) is 5.65. The van der Waals surface area contributed by atoms with E-state index in [0.717, 1.165) is 76.7 Å². The van der Waals surface area contributed by atoms with Crippen molar-refractivity contribution in [1.82, 2.24) is 15.1 Å². The zero-order chi connectivity index (χ0) is 15.5. The van der Waals surface area contributed by atoms with E-state index in [9.17, 15) is 9.59 Å². The maximum absolute atomic E-state index is 12.9. The SMILES string of the molecule is CCCC(=O)N1CCCC1C(=O)N1CC[C@@H]2CNC[C@@H]2CC1. The van der Waals surface area contributed by atoms with Crippen LogP contribution >= 0.6 is 0 Å². The highest BCUT2D eigenvalue weighted by Crippen LogP contribution is 2.28. The van der Waals surface area contributed by atoms with Crippen LogP contribution in [0.25, 0.3) is 0 Å². The van der Waals surface area contributed by atoms with E-state index in [1.54, 1.807) is 0 Å². The van der Waals surface area contributed by atoms with Crippen molar-refractivity contribution in [2.45, 2.75) is 51.5 Å². The molecule has 0 aromatic rings. The fourth-order valence-corrected chi connectivity index (χ4v) is 4.33. The van der Waals surface area contributed by atoms with Crippen molar-refractivity contribution in [2.24, 2.45) is 11.8 Å². The van der Waals surface area contributed by atoms with Gasteiger partial charge in [-0.15, -0.1) is 0 Å². The number of fused-ring (bicyclic) bond motifs is 1. The number of nitrogens with zero attached hydrogens (tertiary/aromatic N) is 2. The molecule has 22 heavy (non-hydrogen) atoms. The molecule has 3 atom stereocenters. The van der Waals surface area contributed by atoms with Gasteiger partial charge in [-0.25, -0.2) is 0 Å². The third kappa shape index (κ3) is 3.14. The van der Waals surface area contributed by atoms with Gasteiger partial charge in [0.1, 0.15) is 6.04 Å². The highest BCUT2D eigenvalue weighted by atomic mass is 16.2. The molecule has 3 heterocycles. The Bertz CT molecular complexity index is 412. The highest BCUT2D eigenvalue weighted by Gasteiger charge is 2.38. The average molecular weight is 307 g/mol. The summed E-state index contributed by atoms with van der Waals surface area (Å²) >= 11 is 0. The lowest BCUT2D eigenvalue weighted by Gasteiger charge is -2.30. The molecular weight excluding hydrogens is 278 g/mol. The minimum atomic E-state index is -0.185. The van der Waals surface area contributed by atoms with Gasteiger partial charge in [-0.3, -0.25) is 9.59 Å². The maximum atomic E-state index is 12.9. The molecule has 124 valence electrons. The summed E-state index contributed by atoms with van der Waals surface area (Å²) in [6.07, 6.45) is 5.46. The lowest BCUT2D eigenvalue weighted by atomic mass is 9.92. The Kier molecular flexibility index (Phi) is 5.01. The van der Waals surface area contributed by atoms with Crippen molar-refractivity contribution in [3.63, 3.8) is 0 Å². The van der Waals surface area contributed by atoms with E-state index in [2.05, 4.69) is 5.32 Å². The van der Waals surface area contributed by atoms with Crippen LogP contribution < -0.4 is 5.32 Å². The Balaban J connectivity index is 1.61. The zero-order valence-electron chi connectivity index (χ0n) is 13.7. The quantitative estimate of drug-likeness (QED) is 0.853. The largest absolute Gasteiger partial charge is 0.341 e. The van der Waals surface area contributed by atoms with E-state index in [1.807, 2.05) is 16.7 Å². The van der Waals surface area contributed by atoms with Gasteiger partial charge in [0, 0.05) is 26.1 Å². The molecule has 5 nitrogen and oxygen atoms in total. The first-order chi connectivity index (χ1) is 10.7. The van der Waals surface area contributed by atoms with Crippen LogP contribution in [0.15, 0.2) is 0 Å². The molecule has 3 saturated heterocycles. The van der Waals surface area contributed by atoms with Crippen LogP contribution in [-0.2, 0) is 9.59 Å². The minimum Gasteiger partial charge on any atom is -0.341 e. The van der Waals surface area contributed by atoms with E-state index < -0.39 is 0 Å². The molecule has 0 saturated carbocycles. The Morgan fingerprint density at radius 2 is 1.73 bits per heavy atom. The molecule has 3 aliphatic rings. The monoisotopic (exact) mass is 307 g/mol. The van der Waals surface area contributed by atoms with Gasteiger partial charge < -0.3 is 15.1 Å². The molecule has 0 radical (unpaired) electrons. The van der Waals surface area contributed by atoms with Crippen molar-refractivity contribution in [3.05, 3.63) is 0 Å². The molecule has 3 aliphatic heterocycles. The van der Waals surface area contributed by atoms with Crippen LogP contribution in [0.4, 0.5) is 0 Å². The molecule has 1 N–H and O–H groups in total. The van der Waals surface area contributed by atoms with Crippen LogP contribution in [0.3, 0.4) is 0 Å². The van der Waals surface area contributed by atoms with Crippen LogP contribution in [0.1, 0.15) is 45.4 Å². The normalized spacial score (nSPS) is 32.0. The second kappa shape index (κ2) is 6.99. The molecule has 1 unspecified atom stereocenters. The van der Waals surface area contributed by atoms with E-state index in [1.165, 1.54) is 0 Å². The molecule has 0 aromatic carbocycles. The number of hydrogen-bond donors (Lipinski definition) is 1. The minimum absolute atomic E-state index is 0.161. The first-order valence-electron chi connectivity index (χ1n) is 8.99. The van der Waals surface area contributed by atoms with Gasteiger partial charge in [0.05, 0.1) is 0 Å². The first kappa shape index (κ1) is 15.8. The zero-order valence-corrected chi connectivity index (χ0v) is 13.7. The second-order valence-electron chi connectivity index (χ2n) is 7.08. The Labute approximate surface area is 133 Å². The van der Waals surface area contributed by atoms with Gasteiger partial charge >= 0.3 is 0 Å². The molecule has 3 fully saturated rings. The van der Waals surface area contributed by atoms with Gasteiger partial charge in [-0.1, -0.05) is 6.92 Å². The van der Waals surface area contributed by atoms with E-state index in [0.29, 0.717) is 6.42 Å². The fourth-order valence-electron chi connectivity index (χ4n) is 4.33. The van der Waals surface area contributed by atoms with Gasteiger partial charge in [0.15, 0.2) is 0 Å². The van der Waals surface area contributed by atoms with Gasteiger partial charge in [-0.2, -0.15) is 0 Å². The third-order valence-electron chi connectivity index (χ3n) is 5.65. The van der Waals surface area contributed by atoms with E-state index >= 15 is 0 Å². The Hall–Kier alpha value is -1.10. The molecule has 0 aromatic heterocycles. The molecule has 3 rings (SSSR count). The topological polar surface area (TPSA) is 52.7 Å². The van der Waals surface area contributed by atoms with Crippen LogP contribution in [0.2, 0.25) is 0 Å². The number of nitrogens with one attached hydrogen (secondary N) is 1. The smallest absolute Gasteiger partial charge is 0.245 e. The lowest BCUT2D eigenvalue weighted by molar-refractivity contribution is -0.143. The molecule has 5 heteroatoms. The highest BCUT2D eigenvalue weighted by molar-refractivity contribution is 5.88. The number of carbonyl (C=O) groups excluding carboxylic acids is 2. The predicted octanol–water partition coefficient (Wildman–Crippen LogP) is 1.24. The molecule has 2 amide bonds. The summed E-state index contributed by atoms with van der Waals surface area (Å²) in [6.45, 7) is 6.74.